The number of amides is 2. The third-order valence-electron chi connectivity index (χ3n) is 4.37. The number of aryl methyl sites for hydroxylation is 4. The van der Waals surface area contributed by atoms with Gasteiger partial charge in [0.1, 0.15) is 5.03 Å². The number of aromatic nitrogens is 1. The summed E-state index contributed by atoms with van der Waals surface area (Å²) in [5.74, 6) is -0.459. The fraction of sp³-hybridized carbons (Fsp3) is 0.227. The molecule has 0 unspecified atom stereocenters. The summed E-state index contributed by atoms with van der Waals surface area (Å²) in [6, 6.07) is 13.5. The first kappa shape index (κ1) is 19.9. The topological polar surface area (TPSA) is 71.1 Å². The highest BCUT2D eigenvalue weighted by Crippen LogP contribution is 2.27. The minimum atomic E-state index is -0.340. The Balaban J connectivity index is 1.61. The molecule has 2 aromatic carbocycles. The van der Waals surface area contributed by atoms with Gasteiger partial charge < -0.3 is 0 Å². The first-order chi connectivity index (χ1) is 13.3. The second-order valence-corrected chi connectivity index (χ2v) is 7.88. The quantitative estimate of drug-likeness (QED) is 0.519. The SMILES string of the molecule is Cc1cccc(C(=O)NNC(=O)CSc2nc3cc(C)cc(C)c3cc2C)c1. The van der Waals surface area contributed by atoms with Gasteiger partial charge in [0.15, 0.2) is 0 Å². The number of hydrogen-bond donors (Lipinski definition) is 2. The van der Waals surface area contributed by atoms with E-state index in [-0.39, 0.29) is 17.6 Å². The highest BCUT2D eigenvalue weighted by atomic mass is 32.2. The molecule has 0 fully saturated rings. The minimum Gasteiger partial charge on any atom is -0.272 e. The van der Waals surface area contributed by atoms with Crippen molar-refractivity contribution in [2.24, 2.45) is 0 Å². The van der Waals surface area contributed by atoms with Crippen molar-refractivity contribution in [3.63, 3.8) is 0 Å². The molecule has 0 aliphatic rings. The van der Waals surface area contributed by atoms with Crippen molar-refractivity contribution in [2.45, 2.75) is 32.7 Å². The number of thioether (sulfide) groups is 1. The Morgan fingerprint density at radius 1 is 0.929 bits per heavy atom. The smallest absolute Gasteiger partial charge is 0.269 e. The fourth-order valence-corrected chi connectivity index (χ4v) is 3.80. The van der Waals surface area contributed by atoms with Gasteiger partial charge in [-0.25, -0.2) is 4.98 Å². The van der Waals surface area contributed by atoms with E-state index in [1.807, 2.05) is 32.9 Å². The molecule has 3 aromatic rings. The highest BCUT2D eigenvalue weighted by molar-refractivity contribution is 7.99. The second-order valence-electron chi connectivity index (χ2n) is 6.92. The summed E-state index contributed by atoms with van der Waals surface area (Å²) in [4.78, 5) is 28.9. The van der Waals surface area contributed by atoms with E-state index in [4.69, 9.17) is 4.98 Å². The number of hydrazine groups is 1. The van der Waals surface area contributed by atoms with Gasteiger partial charge in [0.25, 0.3) is 5.91 Å². The largest absolute Gasteiger partial charge is 0.272 e. The molecule has 28 heavy (non-hydrogen) atoms. The molecule has 0 saturated carbocycles. The van der Waals surface area contributed by atoms with Crippen molar-refractivity contribution in [1.29, 1.82) is 0 Å². The molecule has 0 saturated heterocycles. The lowest BCUT2D eigenvalue weighted by Crippen LogP contribution is -2.42. The number of nitrogens with one attached hydrogen (secondary N) is 2. The third kappa shape index (κ3) is 4.70. The summed E-state index contributed by atoms with van der Waals surface area (Å²) in [5.41, 5.74) is 10.7. The molecule has 5 nitrogen and oxygen atoms in total. The van der Waals surface area contributed by atoms with E-state index in [1.165, 1.54) is 17.3 Å². The average Bonchev–Trinajstić information content (AvgIpc) is 2.65. The maximum absolute atomic E-state index is 12.1. The summed E-state index contributed by atoms with van der Waals surface area (Å²) in [7, 11) is 0. The minimum absolute atomic E-state index is 0.165. The molecule has 144 valence electrons. The molecule has 0 spiro atoms. The molecule has 0 aliphatic carbocycles. The van der Waals surface area contributed by atoms with Gasteiger partial charge in [0, 0.05) is 10.9 Å². The lowest BCUT2D eigenvalue weighted by molar-refractivity contribution is -0.119. The molecule has 2 amide bonds. The Hall–Kier alpha value is -2.86. The highest BCUT2D eigenvalue weighted by Gasteiger charge is 2.11. The van der Waals surface area contributed by atoms with E-state index in [9.17, 15) is 9.59 Å². The normalized spacial score (nSPS) is 10.7. The number of benzene rings is 2. The van der Waals surface area contributed by atoms with Gasteiger partial charge in [-0.15, -0.1) is 0 Å². The Kier molecular flexibility index (Phi) is 5.99. The van der Waals surface area contributed by atoms with Crippen LogP contribution in [0.1, 0.15) is 32.6 Å². The van der Waals surface area contributed by atoms with Crippen LogP contribution in [-0.2, 0) is 4.79 Å². The van der Waals surface area contributed by atoms with Crippen LogP contribution >= 0.6 is 11.8 Å². The Morgan fingerprint density at radius 2 is 1.71 bits per heavy atom. The van der Waals surface area contributed by atoms with Gasteiger partial charge in [0.05, 0.1) is 11.3 Å². The average molecular weight is 394 g/mol. The van der Waals surface area contributed by atoms with Gasteiger partial charge >= 0.3 is 0 Å². The summed E-state index contributed by atoms with van der Waals surface area (Å²) < 4.78 is 0. The lowest BCUT2D eigenvalue weighted by atomic mass is 10.1. The second kappa shape index (κ2) is 8.44. The first-order valence-corrected chi connectivity index (χ1v) is 9.99. The number of pyridine rings is 1. The summed E-state index contributed by atoms with van der Waals surface area (Å²) in [6.45, 7) is 8.03. The Morgan fingerprint density at radius 3 is 2.46 bits per heavy atom. The Bertz CT molecular complexity index is 1060. The van der Waals surface area contributed by atoms with Crippen molar-refractivity contribution >= 4 is 34.5 Å². The van der Waals surface area contributed by atoms with Gasteiger partial charge in [0.2, 0.25) is 5.91 Å². The van der Waals surface area contributed by atoms with Gasteiger partial charge in [-0.2, -0.15) is 0 Å². The molecule has 0 aliphatic heterocycles. The van der Waals surface area contributed by atoms with E-state index >= 15 is 0 Å². The van der Waals surface area contributed by atoms with E-state index in [1.54, 1.807) is 18.2 Å². The van der Waals surface area contributed by atoms with Crippen LogP contribution < -0.4 is 10.9 Å². The lowest BCUT2D eigenvalue weighted by Gasteiger charge is -2.10. The molecule has 0 bridgehead atoms. The van der Waals surface area contributed by atoms with Crippen LogP contribution in [-0.4, -0.2) is 22.6 Å². The van der Waals surface area contributed by atoms with Crippen molar-refractivity contribution in [2.75, 3.05) is 5.75 Å². The van der Waals surface area contributed by atoms with Crippen LogP contribution in [0.15, 0.2) is 47.5 Å². The molecule has 6 heteroatoms. The van der Waals surface area contributed by atoms with Crippen LogP contribution in [0, 0.1) is 27.7 Å². The predicted octanol–water partition coefficient (Wildman–Crippen LogP) is 4.02. The van der Waals surface area contributed by atoms with Gasteiger partial charge in [-0.05, 0) is 68.7 Å². The molecular weight excluding hydrogens is 370 g/mol. The van der Waals surface area contributed by atoms with Crippen LogP contribution in [0.25, 0.3) is 10.9 Å². The molecule has 1 heterocycles. The summed E-state index contributed by atoms with van der Waals surface area (Å²) in [5, 5.41) is 1.94. The summed E-state index contributed by atoms with van der Waals surface area (Å²) in [6.07, 6.45) is 0. The molecule has 3 rings (SSSR count). The van der Waals surface area contributed by atoms with Crippen molar-refractivity contribution in [3.05, 3.63) is 70.3 Å². The first-order valence-electron chi connectivity index (χ1n) is 9.01. The van der Waals surface area contributed by atoms with Crippen LogP contribution in [0.2, 0.25) is 0 Å². The van der Waals surface area contributed by atoms with E-state index in [2.05, 4.69) is 29.9 Å². The maximum Gasteiger partial charge on any atom is 0.269 e. The zero-order valence-electron chi connectivity index (χ0n) is 16.4. The van der Waals surface area contributed by atoms with Crippen molar-refractivity contribution in [3.8, 4) is 0 Å². The van der Waals surface area contributed by atoms with Crippen LogP contribution in [0.4, 0.5) is 0 Å². The zero-order chi connectivity index (χ0) is 20.3. The van der Waals surface area contributed by atoms with Crippen LogP contribution in [0.5, 0.6) is 0 Å². The molecule has 0 atom stereocenters. The maximum atomic E-state index is 12.1. The zero-order valence-corrected chi connectivity index (χ0v) is 17.2. The third-order valence-corrected chi connectivity index (χ3v) is 5.46. The van der Waals surface area contributed by atoms with Crippen molar-refractivity contribution in [1.82, 2.24) is 15.8 Å². The Labute approximate surface area is 168 Å². The number of carbonyl (C=O) groups excluding carboxylic acids is 2. The van der Waals surface area contributed by atoms with Gasteiger partial charge in [-0.1, -0.05) is 35.5 Å². The van der Waals surface area contributed by atoms with Crippen molar-refractivity contribution < 1.29 is 9.59 Å². The summed E-state index contributed by atoms with van der Waals surface area (Å²) >= 11 is 1.36. The molecule has 0 radical (unpaired) electrons. The number of rotatable bonds is 4. The predicted molar refractivity (Wildman–Crippen MR) is 113 cm³/mol. The molecule has 1 aromatic heterocycles. The van der Waals surface area contributed by atoms with E-state index < -0.39 is 0 Å². The fourth-order valence-electron chi connectivity index (χ4n) is 3.01. The van der Waals surface area contributed by atoms with E-state index in [0.717, 1.165) is 32.6 Å². The molecular formula is C22H23N3O2S. The number of nitrogens with zero attached hydrogens (tertiary/aromatic N) is 1. The van der Waals surface area contributed by atoms with Crippen LogP contribution in [0.3, 0.4) is 0 Å². The standard InChI is InChI=1S/C22H23N3O2S/c1-13-6-5-7-17(9-13)21(27)25-24-20(26)12-28-22-16(4)11-18-15(3)8-14(2)10-19(18)23-22/h5-11H,12H2,1-4H3,(H,24,26)(H,25,27). The van der Waals surface area contributed by atoms with E-state index in [0.29, 0.717) is 5.56 Å². The van der Waals surface area contributed by atoms with Gasteiger partial charge in [-0.3, -0.25) is 20.4 Å². The number of hydrogen-bond acceptors (Lipinski definition) is 4. The number of carbonyl (C=O) groups is 2. The molecule has 2 N–H and O–H groups in total. The monoisotopic (exact) mass is 393 g/mol. The number of fused-ring (bicyclic) bond motifs is 1.